The summed E-state index contributed by atoms with van der Waals surface area (Å²) in [5.41, 5.74) is 2.08. The van der Waals surface area contributed by atoms with E-state index in [1.54, 1.807) is 0 Å². The van der Waals surface area contributed by atoms with Crippen molar-refractivity contribution in [1.82, 2.24) is 9.97 Å². The molecule has 3 aliphatic rings. The fourth-order valence-electron chi connectivity index (χ4n) is 4.86. The molecule has 31 heavy (non-hydrogen) atoms. The molecule has 7 nitrogen and oxygen atoms in total. The van der Waals surface area contributed by atoms with Crippen molar-refractivity contribution in [3.05, 3.63) is 35.0 Å². The van der Waals surface area contributed by atoms with Gasteiger partial charge in [-0.25, -0.2) is 4.98 Å². The maximum absolute atomic E-state index is 12.6. The van der Waals surface area contributed by atoms with Gasteiger partial charge in [-0.05, 0) is 48.3 Å². The molecule has 9 heteroatoms. The standard InChI is InChI=1S/C22H28ClN5O2S/c23-16-4-6-17(7-5-16)27-9-11-28(12-10-27)22-25-19-8-13-31(30)20(19)21(26-22)24-18-3-1-2-15(18)14-29/h4-7,15,18,29H,1-3,8-14H2,(H,24,25,26). The van der Waals surface area contributed by atoms with Crippen LogP contribution in [0.4, 0.5) is 17.5 Å². The monoisotopic (exact) mass is 461 g/mol. The van der Waals surface area contributed by atoms with Crippen LogP contribution in [0.15, 0.2) is 29.2 Å². The molecule has 2 aliphatic heterocycles. The van der Waals surface area contributed by atoms with Gasteiger partial charge in [0.15, 0.2) is 5.82 Å². The van der Waals surface area contributed by atoms with Gasteiger partial charge in [-0.1, -0.05) is 18.0 Å². The Labute approximate surface area is 191 Å². The molecule has 3 atom stereocenters. The van der Waals surface area contributed by atoms with Crippen LogP contribution in [-0.2, 0) is 17.6 Å². The number of fused-ring (bicyclic) bond motifs is 1. The Morgan fingerprint density at radius 3 is 2.58 bits per heavy atom. The molecule has 0 bridgehead atoms. The fourth-order valence-corrected chi connectivity index (χ4v) is 6.30. The summed E-state index contributed by atoms with van der Waals surface area (Å²) < 4.78 is 12.6. The quantitative estimate of drug-likeness (QED) is 0.662. The zero-order chi connectivity index (χ0) is 21.4. The molecule has 1 aromatic carbocycles. The third-order valence-electron chi connectivity index (χ3n) is 6.65. The maximum Gasteiger partial charge on any atom is 0.228 e. The first kappa shape index (κ1) is 21.1. The summed E-state index contributed by atoms with van der Waals surface area (Å²) in [7, 11) is 0. The lowest BCUT2D eigenvalue weighted by Gasteiger charge is -2.36. The van der Waals surface area contributed by atoms with Crippen molar-refractivity contribution >= 4 is 40.2 Å². The lowest BCUT2D eigenvalue weighted by molar-refractivity contribution is 0.222. The molecule has 0 spiro atoms. The van der Waals surface area contributed by atoms with E-state index >= 15 is 0 Å². The van der Waals surface area contributed by atoms with Gasteiger partial charge in [0.05, 0.1) is 0 Å². The van der Waals surface area contributed by atoms with E-state index < -0.39 is 11.2 Å². The minimum Gasteiger partial charge on any atom is -0.611 e. The minimum absolute atomic E-state index is 0.174. The highest BCUT2D eigenvalue weighted by molar-refractivity contribution is 7.91. The van der Waals surface area contributed by atoms with Gasteiger partial charge in [0.2, 0.25) is 10.8 Å². The van der Waals surface area contributed by atoms with E-state index in [2.05, 4.69) is 27.2 Å². The van der Waals surface area contributed by atoms with Crippen molar-refractivity contribution < 1.29 is 9.66 Å². The molecule has 1 aliphatic carbocycles. The number of rotatable bonds is 5. The number of aromatic nitrogens is 2. The molecule has 3 heterocycles. The molecular weight excluding hydrogens is 434 g/mol. The average molecular weight is 462 g/mol. The molecule has 0 radical (unpaired) electrons. The van der Waals surface area contributed by atoms with E-state index in [9.17, 15) is 9.66 Å². The first-order valence-electron chi connectivity index (χ1n) is 11.0. The normalized spacial score (nSPS) is 25.7. The third-order valence-corrected chi connectivity index (χ3v) is 8.36. The lowest BCUT2D eigenvalue weighted by atomic mass is 10.1. The summed E-state index contributed by atoms with van der Waals surface area (Å²) in [6, 6.07) is 8.14. The molecule has 166 valence electrons. The van der Waals surface area contributed by atoms with Gasteiger partial charge in [0, 0.05) is 61.9 Å². The molecule has 3 unspecified atom stereocenters. The average Bonchev–Trinajstić information content (AvgIpc) is 3.40. The van der Waals surface area contributed by atoms with Gasteiger partial charge in [-0.15, -0.1) is 0 Å². The van der Waals surface area contributed by atoms with Crippen molar-refractivity contribution in [3.8, 4) is 0 Å². The maximum atomic E-state index is 12.6. The Hall–Kier alpha value is -1.74. The van der Waals surface area contributed by atoms with Crippen LogP contribution >= 0.6 is 11.6 Å². The number of aryl methyl sites for hydroxylation is 1. The Morgan fingerprint density at radius 1 is 1.10 bits per heavy atom. The number of nitrogens with one attached hydrogen (secondary N) is 1. The summed E-state index contributed by atoms with van der Waals surface area (Å²) in [6.07, 6.45) is 3.85. The van der Waals surface area contributed by atoms with Crippen molar-refractivity contribution in [1.29, 1.82) is 0 Å². The second-order valence-corrected chi connectivity index (χ2v) is 10.5. The molecule has 5 rings (SSSR count). The number of hydrogen-bond acceptors (Lipinski definition) is 7. The summed E-state index contributed by atoms with van der Waals surface area (Å²) in [5.74, 6) is 2.27. The molecule has 0 amide bonds. The number of halogens is 1. The topological polar surface area (TPSA) is 87.6 Å². The predicted octanol–water partition coefficient (Wildman–Crippen LogP) is 2.69. The number of benzene rings is 1. The summed E-state index contributed by atoms with van der Waals surface area (Å²) in [4.78, 5) is 15.0. The highest BCUT2D eigenvalue weighted by Gasteiger charge is 2.35. The van der Waals surface area contributed by atoms with Crippen LogP contribution in [-0.4, -0.2) is 64.2 Å². The molecular formula is C22H28ClN5O2S. The van der Waals surface area contributed by atoms with Crippen LogP contribution in [0.5, 0.6) is 0 Å². The number of nitrogens with zero attached hydrogens (tertiary/aromatic N) is 4. The van der Waals surface area contributed by atoms with Crippen LogP contribution in [0.3, 0.4) is 0 Å². The molecule has 1 saturated carbocycles. The van der Waals surface area contributed by atoms with Gasteiger partial charge in [-0.2, -0.15) is 4.98 Å². The summed E-state index contributed by atoms with van der Waals surface area (Å²) >= 11 is 4.96. The summed E-state index contributed by atoms with van der Waals surface area (Å²) in [6.45, 7) is 3.59. The number of piperazine rings is 1. The smallest absolute Gasteiger partial charge is 0.228 e. The zero-order valence-electron chi connectivity index (χ0n) is 17.5. The molecule has 1 saturated heterocycles. The van der Waals surface area contributed by atoms with E-state index in [4.69, 9.17) is 21.6 Å². The second kappa shape index (κ2) is 9.02. The van der Waals surface area contributed by atoms with Crippen molar-refractivity contribution in [2.75, 3.05) is 53.7 Å². The minimum atomic E-state index is -1.06. The first-order chi connectivity index (χ1) is 15.1. The van der Waals surface area contributed by atoms with Gasteiger partial charge >= 0.3 is 0 Å². The number of anilines is 3. The van der Waals surface area contributed by atoms with Crippen LogP contribution < -0.4 is 15.1 Å². The molecule has 1 aromatic heterocycles. The zero-order valence-corrected chi connectivity index (χ0v) is 19.0. The van der Waals surface area contributed by atoms with E-state index in [-0.39, 0.29) is 18.6 Å². The Kier molecular flexibility index (Phi) is 6.14. The third kappa shape index (κ3) is 4.31. The SMILES string of the molecule is [O-][S+]1CCc2nc(N3CCN(c4ccc(Cl)cc4)CC3)nc(NC3CCCC3CO)c21. The Bertz CT molecular complexity index is 923. The van der Waals surface area contributed by atoms with Crippen LogP contribution in [0, 0.1) is 5.92 Å². The Balaban J connectivity index is 1.34. The summed E-state index contributed by atoms with van der Waals surface area (Å²) in [5, 5.41) is 14.0. The second-order valence-electron chi connectivity index (χ2n) is 8.52. The molecule has 2 fully saturated rings. The highest BCUT2D eigenvalue weighted by Crippen LogP contribution is 2.35. The van der Waals surface area contributed by atoms with Crippen molar-refractivity contribution in [2.45, 2.75) is 36.6 Å². The molecule has 2 aromatic rings. The predicted molar refractivity (Wildman–Crippen MR) is 125 cm³/mol. The molecule has 2 N–H and O–H groups in total. The van der Waals surface area contributed by atoms with Crippen LogP contribution in [0.2, 0.25) is 5.02 Å². The van der Waals surface area contributed by atoms with Gasteiger partial charge in [0.25, 0.3) is 0 Å². The number of aliphatic hydroxyl groups excluding tert-OH is 1. The fraction of sp³-hybridized carbons (Fsp3) is 0.545. The van der Waals surface area contributed by atoms with E-state index in [1.807, 2.05) is 12.1 Å². The van der Waals surface area contributed by atoms with E-state index in [0.29, 0.717) is 11.6 Å². The largest absolute Gasteiger partial charge is 0.611 e. The Morgan fingerprint density at radius 2 is 1.84 bits per heavy atom. The number of hydrogen-bond donors (Lipinski definition) is 2. The van der Waals surface area contributed by atoms with Crippen molar-refractivity contribution in [2.24, 2.45) is 5.92 Å². The van der Waals surface area contributed by atoms with E-state index in [0.717, 1.165) is 73.4 Å². The van der Waals surface area contributed by atoms with Gasteiger partial charge in [-0.3, -0.25) is 0 Å². The lowest BCUT2D eigenvalue weighted by Crippen LogP contribution is -2.47. The highest BCUT2D eigenvalue weighted by atomic mass is 35.5. The van der Waals surface area contributed by atoms with Gasteiger partial charge in [0.1, 0.15) is 11.4 Å². The van der Waals surface area contributed by atoms with Crippen LogP contribution in [0.25, 0.3) is 0 Å². The van der Waals surface area contributed by atoms with Gasteiger partial charge < -0.3 is 24.8 Å². The first-order valence-corrected chi connectivity index (χ1v) is 12.7. The van der Waals surface area contributed by atoms with Crippen LogP contribution in [0.1, 0.15) is 25.0 Å². The van der Waals surface area contributed by atoms with Crippen molar-refractivity contribution in [3.63, 3.8) is 0 Å². The van der Waals surface area contributed by atoms with E-state index in [1.165, 1.54) is 5.69 Å². The number of aliphatic hydroxyl groups is 1.